The van der Waals surface area contributed by atoms with Crippen LogP contribution in [0.3, 0.4) is 0 Å². The maximum absolute atomic E-state index is 7.02. The molecule has 0 fully saturated rings. The van der Waals surface area contributed by atoms with Crippen LogP contribution < -0.4 is 4.74 Å². The number of nitrogens with zero attached hydrogens (tertiary/aromatic N) is 3. The Morgan fingerprint density at radius 3 is 1.88 bits per heavy atom. The molecular formula is C54H67N3O2. The number of fused-ring (bicyclic) bond motifs is 3. The fourth-order valence-corrected chi connectivity index (χ4v) is 9.77. The van der Waals surface area contributed by atoms with E-state index in [2.05, 4.69) is 193 Å². The summed E-state index contributed by atoms with van der Waals surface area (Å²) in [7, 11) is 0. The van der Waals surface area contributed by atoms with Crippen molar-refractivity contribution in [3.8, 4) is 28.4 Å². The van der Waals surface area contributed by atoms with Crippen molar-refractivity contribution in [3.05, 3.63) is 119 Å². The van der Waals surface area contributed by atoms with Crippen LogP contribution in [0.2, 0.25) is 0 Å². The molecule has 0 unspecified atom stereocenters. The molecule has 3 heterocycles. The monoisotopic (exact) mass is 790 g/mol. The second-order valence-corrected chi connectivity index (χ2v) is 20.7. The van der Waals surface area contributed by atoms with Gasteiger partial charge in [-0.3, -0.25) is 4.57 Å². The second-order valence-electron chi connectivity index (χ2n) is 20.7. The molecule has 1 aliphatic rings. The van der Waals surface area contributed by atoms with E-state index in [-0.39, 0.29) is 16.4 Å². The van der Waals surface area contributed by atoms with Gasteiger partial charge in [-0.05, 0) is 135 Å². The molecule has 0 aliphatic carbocycles. The van der Waals surface area contributed by atoms with Gasteiger partial charge in [0.2, 0.25) is 5.90 Å². The van der Waals surface area contributed by atoms with E-state index < -0.39 is 0 Å². The SMILES string of the molecule is CC(C)c1cccc(C(C)C)c1-c1cc(Oc2ccc3c4cc(C(C)(C)C)ccc4n(-c4cc(C(C)(C)C)ccn4)c3c2)cc(C2=N[C@](C)(C(C(C)C)C(C)C)CO2)c1. The summed E-state index contributed by atoms with van der Waals surface area (Å²) in [5.74, 6) is 5.10. The van der Waals surface area contributed by atoms with Gasteiger partial charge in [-0.2, -0.15) is 0 Å². The zero-order valence-electron chi connectivity index (χ0n) is 38.4. The number of rotatable bonds is 10. The summed E-state index contributed by atoms with van der Waals surface area (Å²) in [6, 6.07) is 31.1. The average Bonchev–Trinajstić information content (AvgIpc) is 3.70. The highest BCUT2D eigenvalue weighted by Gasteiger charge is 2.43. The molecule has 0 saturated carbocycles. The Kier molecular flexibility index (Phi) is 11.2. The first-order valence-electron chi connectivity index (χ1n) is 21.9. The van der Waals surface area contributed by atoms with E-state index >= 15 is 0 Å². The van der Waals surface area contributed by atoms with Crippen LogP contribution in [-0.2, 0) is 15.6 Å². The minimum absolute atomic E-state index is 0.0116. The summed E-state index contributed by atoms with van der Waals surface area (Å²) in [6.45, 7) is 34.8. The molecule has 0 bridgehead atoms. The quantitative estimate of drug-likeness (QED) is 0.139. The minimum atomic E-state index is -0.322. The Labute approximate surface area is 354 Å². The van der Waals surface area contributed by atoms with Gasteiger partial charge in [0, 0.05) is 28.6 Å². The zero-order chi connectivity index (χ0) is 42.8. The molecule has 0 radical (unpaired) electrons. The molecule has 1 atom stereocenters. The Bertz CT molecular complexity index is 2500. The summed E-state index contributed by atoms with van der Waals surface area (Å²) < 4.78 is 15.9. The third-order valence-corrected chi connectivity index (χ3v) is 12.5. The summed E-state index contributed by atoms with van der Waals surface area (Å²) in [5.41, 5.74) is 10.4. The van der Waals surface area contributed by atoms with Gasteiger partial charge in [0.15, 0.2) is 0 Å². The number of hydrogen-bond donors (Lipinski definition) is 0. The van der Waals surface area contributed by atoms with E-state index in [9.17, 15) is 0 Å². The van der Waals surface area contributed by atoms with Gasteiger partial charge in [0.25, 0.3) is 0 Å². The molecule has 5 heteroatoms. The standard InChI is InChI=1S/C54H67N3O2/c1-32(2)42-17-16-18-43(33(3)4)49(42)36-25-37(51-56-54(15,31-58-51)50(34(5)6)35(7)8)27-41(26-36)59-40-20-21-44-45-28-38(52(9,10)11)19-22-46(45)57(47(44)30-40)48-29-39(23-24-55-48)53(12,13)14/h16-30,32-35,50H,31H2,1-15H3/t54-/m0/s1. The lowest BCUT2D eigenvalue weighted by atomic mass is 9.72. The lowest BCUT2D eigenvalue weighted by Crippen LogP contribution is -2.40. The van der Waals surface area contributed by atoms with Gasteiger partial charge >= 0.3 is 0 Å². The maximum Gasteiger partial charge on any atom is 0.216 e. The predicted octanol–water partition coefficient (Wildman–Crippen LogP) is 14.9. The van der Waals surface area contributed by atoms with E-state index in [0.717, 1.165) is 39.5 Å². The van der Waals surface area contributed by atoms with Crippen molar-refractivity contribution in [2.24, 2.45) is 22.7 Å². The first-order chi connectivity index (χ1) is 27.7. The summed E-state index contributed by atoms with van der Waals surface area (Å²) in [6.07, 6.45) is 1.94. The van der Waals surface area contributed by atoms with Crippen molar-refractivity contribution < 1.29 is 9.47 Å². The van der Waals surface area contributed by atoms with Gasteiger partial charge in [-0.1, -0.05) is 121 Å². The van der Waals surface area contributed by atoms with Crippen LogP contribution in [0, 0.1) is 17.8 Å². The van der Waals surface area contributed by atoms with Crippen molar-refractivity contribution in [1.82, 2.24) is 9.55 Å². The number of aliphatic imine (C=N–C) groups is 1. The van der Waals surface area contributed by atoms with E-state index in [1.54, 1.807) is 0 Å². The number of benzene rings is 4. The van der Waals surface area contributed by atoms with Crippen LogP contribution in [-0.4, -0.2) is 27.6 Å². The van der Waals surface area contributed by atoms with E-state index in [1.807, 2.05) is 6.20 Å². The lowest BCUT2D eigenvalue weighted by molar-refractivity contribution is 0.129. The van der Waals surface area contributed by atoms with Crippen LogP contribution in [0.25, 0.3) is 38.8 Å². The first-order valence-corrected chi connectivity index (χ1v) is 21.9. The topological polar surface area (TPSA) is 48.6 Å². The molecule has 1 aliphatic heterocycles. The lowest BCUT2D eigenvalue weighted by Gasteiger charge is -2.36. The molecule has 6 aromatic rings. The van der Waals surface area contributed by atoms with Crippen molar-refractivity contribution in [3.63, 3.8) is 0 Å². The van der Waals surface area contributed by atoms with E-state index in [4.69, 9.17) is 19.5 Å². The Hall–Kier alpha value is -4.90. The Morgan fingerprint density at radius 2 is 1.27 bits per heavy atom. The number of aromatic nitrogens is 2. The van der Waals surface area contributed by atoms with Crippen LogP contribution in [0.5, 0.6) is 11.5 Å². The fraction of sp³-hybridized carbons (Fsp3) is 0.444. The smallest absolute Gasteiger partial charge is 0.216 e. The molecule has 0 spiro atoms. The molecule has 4 aromatic carbocycles. The first kappa shape index (κ1) is 42.2. The van der Waals surface area contributed by atoms with Gasteiger partial charge in [0.05, 0.1) is 16.6 Å². The maximum atomic E-state index is 7.02. The minimum Gasteiger partial charge on any atom is -0.475 e. The molecule has 7 rings (SSSR count). The fourth-order valence-electron chi connectivity index (χ4n) is 9.77. The molecule has 59 heavy (non-hydrogen) atoms. The third-order valence-electron chi connectivity index (χ3n) is 12.5. The predicted molar refractivity (Wildman–Crippen MR) is 250 cm³/mol. The largest absolute Gasteiger partial charge is 0.475 e. The molecule has 0 N–H and O–H groups in total. The molecule has 5 nitrogen and oxygen atoms in total. The average molecular weight is 790 g/mol. The molecule has 0 amide bonds. The van der Waals surface area contributed by atoms with Crippen molar-refractivity contribution in [2.45, 2.75) is 132 Å². The third kappa shape index (κ3) is 8.19. The highest BCUT2D eigenvalue weighted by Crippen LogP contribution is 2.43. The van der Waals surface area contributed by atoms with Gasteiger partial charge in [-0.15, -0.1) is 0 Å². The van der Waals surface area contributed by atoms with Crippen LogP contribution in [0.1, 0.15) is 144 Å². The van der Waals surface area contributed by atoms with E-state index in [1.165, 1.54) is 38.6 Å². The normalized spacial score (nSPS) is 16.4. The Balaban J connectivity index is 1.43. The van der Waals surface area contributed by atoms with Gasteiger partial charge in [0.1, 0.15) is 23.9 Å². The summed E-state index contributed by atoms with van der Waals surface area (Å²) in [5, 5.41) is 2.37. The van der Waals surface area contributed by atoms with Crippen molar-refractivity contribution >= 4 is 27.7 Å². The van der Waals surface area contributed by atoms with Gasteiger partial charge < -0.3 is 9.47 Å². The molecule has 2 aromatic heterocycles. The van der Waals surface area contributed by atoms with Crippen LogP contribution in [0.15, 0.2) is 96.1 Å². The molecule has 310 valence electrons. The summed E-state index contributed by atoms with van der Waals surface area (Å²) >= 11 is 0. The van der Waals surface area contributed by atoms with Crippen LogP contribution >= 0.6 is 0 Å². The van der Waals surface area contributed by atoms with E-state index in [0.29, 0.717) is 42.1 Å². The van der Waals surface area contributed by atoms with Crippen molar-refractivity contribution in [2.75, 3.05) is 6.61 Å². The molecule has 0 saturated heterocycles. The number of pyridine rings is 1. The summed E-state index contributed by atoms with van der Waals surface area (Å²) in [4.78, 5) is 10.4. The number of ether oxygens (including phenoxy) is 2. The second kappa shape index (κ2) is 15.6. The highest BCUT2D eigenvalue weighted by molar-refractivity contribution is 6.10. The number of hydrogen-bond acceptors (Lipinski definition) is 4. The van der Waals surface area contributed by atoms with Crippen molar-refractivity contribution in [1.29, 1.82) is 0 Å². The van der Waals surface area contributed by atoms with Gasteiger partial charge in [-0.25, -0.2) is 9.98 Å². The van der Waals surface area contributed by atoms with Crippen LogP contribution in [0.4, 0.5) is 0 Å². The molecular weight excluding hydrogens is 723 g/mol. The Morgan fingerprint density at radius 1 is 0.644 bits per heavy atom. The zero-order valence-corrected chi connectivity index (χ0v) is 38.4. The highest BCUT2D eigenvalue weighted by atomic mass is 16.5.